The zero-order valence-electron chi connectivity index (χ0n) is 93.6. The van der Waals surface area contributed by atoms with Crippen LogP contribution in [0, 0.1) is 81.8 Å². The topological polar surface area (TPSA) is 277 Å². The summed E-state index contributed by atoms with van der Waals surface area (Å²) in [5.41, 5.74) is 0.521. The van der Waals surface area contributed by atoms with Crippen molar-refractivity contribution in [3.05, 3.63) is 0 Å². The van der Waals surface area contributed by atoms with Crippen molar-refractivity contribution >= 4 is 40.9 Å². The Morgan fingerprint density at radius 2 is 0.752 bits per heavy atom. The van der Waals surface area contributed by atoms with Gasteiger partial charge < -0.3 is 72.1 Å². The zero-order chi connectivity index (χ0) is 102. The van der Waals surface area contributed by atoms with Crippen LogP contribution in [-0.2, 0) is 52.5 Å². The van der Waals surface area contributed by atoms with Gasteiger partial charge in [-0.05, 0) is 276 Å². The first-order chi connectivity index (χ1) is 62.1. The van der Waals surface area contributed by atoms with Crippen LogP contribution in [0.25, 0.3) is 0 Å². The lowest BCUT2D eigenvalue weighted by Crippen LogP contribution is -2.63. The number of amides is 3. The van der Waals surface area contributed by atoms with E-state index >= 15 is 0 Å². The molecule has 15 unspecified atom stereocenters. The molecule has 21 nitrogen and oxygen atoms in total. The predicted molar refractivity (Wildman–Crippen MR) is 562 cm³/mol. The molecule has 4 aliphatic carbocycles. The van der Waals surface area contributed by atoms with Crippen molar-refractivity contribution in [2.45, 2.75) is 558 Å². The van der Waals surface area contributed by atoms with Gasteiger partial charge in [0.05, 0.1) is 66.9 Å². The molecule has 0 aliphatic heterocycles. The lowest BCUT2D eigenvalue weighted by molar-refractivity contribution is -0.238. The van der Waals surface area contributed by atoms with E-state index in [2.05, 4.69) is 240 Å². The van der Waals surface area contributed by atoms with Gasteiger partial charge in [-0.25, -0.2) is 0 Å². The van der Waals surface area contributed by atoms with Crippen molar-refractivity contribution in [2.75, 3.05) is 39.3 Å². The summed E-state index contributed by atoms with van der Waals surface area (Å²) < 4.78 is 26.5. The van der Waals surface area contributed by atoms with E-state index in [1.165, 1.54) is 57.8 Å². The largest absolute Gasteiger partial charge is 0.379 e. The highest BCUT2D eigenvalue weighted by Crippen LogP contribution is 2.69. The Balaban J connectivity index is 0.00000171. The minimum atomic E-state index is -0.291. The highest BCUT2D eigenvalue weighted by molar-refractivity contribution is 5.90. The Morgan fingerprint density at radius 3 is 1.14 bits per heavy atom. The number of ketones is 4. The predicted octanol–water partition coefficient (Wildman–Crippen LogP) is 22.2. The Morgan fingerprint density at radius 1 is 0.361 bits per heavy atom. The van der Waals surface area contributed by atoms with Crippen molar-refractivity contribution < 1.29 is 52.5 Å². The van der Waals surface area contributed by atoms with E-state index in [1.54, 1.807) is 0 Å². The van der Waals surface area contributed by atoms with Crippen molar-refractivity contribution in [1.82, 2.24) is 53.2 Å². The summed E-state index contributed by atoms with van der Waals surface area (Å²) in [6.07, 6.45) is 30.6. The molecule has 0 saturated heterocycles. The molecule has 4 rings (SSSR count). The van der Waals surface area contributed by atoms with Crippen molar-refractivity contribution in [3.8, 4) is 0 Å². The van der Waals surface area contributed by atoms with Crippen LogP contribution >= 0.6 is 0 Å². The van der Waals surface area contributed by atoms with E-state index in [9.17, 15) is 33.6 Å². The van der Waals surface area contributed by atoms with E-state index < -0.39 is 0 Å². The molecule has 133 heavy (non-hydrogen) atoms. The molecule has 4 aliphatic rings. The molecule has 0 heterocycles. The van der Waals surface area contributed by atoms with Gasteiger partial charge in [-0.1, -0.05) is 219 Å². The van der Waals surface area contributed by atoms with E-state index in [-0.39, 0.29) is 119 Å². The molecule has 0 radical (unpaired) electrons. The molecule has 4 saturated carbocycles. The smallest absolute Gasteiger partial charge is 0.223 e. The molecular weight excluding hydrogens is 1660 g/mol. The van der Waals surface area contributed by atoms with E-state index in [0.717, 1.165) is 135 Å². The molecule has 0 spiro atoms. The van der Waals surface area contributed by atoms with Gasteiger partial charge in [0.1, 0.15) is 0 Å². The Hall–Kier alpha value is -3.35. The third kappa shape index (κ3) is 56.8. The number of rotatable bonds is 65. The van der Waals surface area contributed by atoms with Crippen molar-refractivity contribution in [2.24, 2.45) is 81.8 Å². The highest BCUT2D eigenvalue weighted by atomic mass is 16.5. The fourth-order valence-corrected chi connectivity index (χ4v) is 20.8. The summed E-state index contributed by atoms with van der Waals surface area (Å²) >= 11 is 0. The number of unbranched alkanes of at least 4 members (excludes halogenated alkanes) is 5. The summed E-state index contributed by atoms with van der Waals surface area (Å²) in [7, 11) is 0. The molecular formula is C112H222N10O11. The normalized spacial score (nSPS) is 22.1. The average Bonchev–Trinajstić information content (AvgIpc) is 1.61. The third-order valence-corrected chi connectivity index (χ3v) is 27.3. The zero-order valence-corrected chi connectivity index (χ0v) is 93.6. The van der Waals surface area contributed by atoms with Gasteiger partial charge in [-0.3, -0.25) is 33.6 Å². The monoisotopic (exact) mass is 1880 g/mol. The number of carbonyl (C=O) groups excluding carboxylic acids is 7. The van der Waals surface area contributed by atoms with Gasteiger partial charge in [0, 0.05) is 116 Å². The van der Waals surface area contributed by atoms with Crippen molar-refractivity contribution in [1.29, 1.82) is 0 Å². The second kappa shape index (κ2) is 71.1. The van der Waals surface area contributed by atoms with E-state index in [0.29, 0.717) is 151 Å². The molecule has 10 N–H and O–H groups in total. The van der Waals surface area contributed by atoms with Crippen LogP contribution in [0.15, 0.2) is 0 Å². The lowest BCUT2D eigenvalue weighted by atomic mass is 9.43. The molecule has 21 heteroatoms. The number of Topliss-reactive ketones (excluding diaryl/α,β-unsaturated/α-hetero) is 4. The molecule has 0 bridgehead atoms. The molecule has 3 amide bonds. The van der Waals surface area contributed by atoms with Gasteiger partial charge in [0.2, 0.25) is 17.7 Å². The third-order valence-electron chi connectivity index (χ3n) is 27.3. The quantitative estimate of drug-likeness (QED) is 0.0253. The number of carbonyl (C=O) groups is 7. The lowest BCUT2D eigenvalue weighted by Gasteiger charge is -2.65. The molecule has 0 aromatic carbocycles. The SMILES string of the molecule is CC(C)CCCCC(=O)NCCCCC(NC(C)C)C(=O)C(C)C.CC(C)CCCCC(=O)NCCCCC(NC(C)C)C(=O)CC(CCCCNC(C)C)C(=O)NC(C)C.CC(C)NCCCC(NC(C)C)C(=O)C(C)C.CC(C)NCCCC(NC(C)C)C(=O)C(C)C.CC(C)OC[C@@H](C)C1CCC2C3C(OC(C)C)CC4CC(OC(C)C)CCC4(C)C3CC(OC(C)C)C21C. The fraction of sp³-hybridized carbons (Fsp3) is 0.938. The average molecular weight is 1890 g/mol. The van der Waals surface area contributed by atoms with Gasteiger partial charge in [-0.15, -0.1) is 0 Å². The van der Waals surface area contributed by atoms with Crippen molar-refractivity contribution in [3.63, 3.8) is 0 Å². The van der Waals surface area contributed by atoms with Crippen LogP contribution in [0.3, 0.4) is 0 Å². The second-order valence-electron chi connectivity index (χ2n) is 46.6. The van der Waals surface area contributed by atoms with Crippen LogP contribution < -0.4 is 53.2 Å². The minimum Gasteiger partial charge on any atom is -0.379 e. The number of fused-ring (bicyclic) bond motifs is 5. The van der Waals surface area contributed by atoms with E-state index in [4.69, 9.17) is 18.9 Å². The van der Waals surface area contributed by atoms with Crippen LogP contribution in [0.5, 0.6) is 0 Å². The number of hydrogen-bond donors (Lipinski definition) is 10. The number of nitrogens with one attached hydrogen (secondary N) is 10. The molecule has 0 aromatic rings. The summed E-state index contributed by atoms with van der Waals surface area (Å²) in [5, 5.41) is 32.7. The van der Waals surface area contributed by atoms with Crippen LogP contribution in [0.2, 0.25) is 0 Å². The van der Waals surface area contributed by atoms with Crippen LogP contribution in [0.1, 0.15) is 442 Å². The fourth-order valence-electron chi connectivity index (χ4n) is 20.8. The molecule has 0 aromatic heterocycles. The number of ether oxygens (including phenoxy) is 4. The van der Waals surface area contributed by atoms with Gasteiger partial charge >= 0.3 is 0 Å². The van der Waals surface area contributed by atoms with Gasteiger partial charge in [0.15, 0.2) is 23.1 Å². The molecule has 4 fully saturated rings. The highest BCUT2D eigenvalue weighted by Gasteiger charge is 2.67. The van der Waals surface area contributed by atoms with Crippen LogP contribution in [0.4, 0.5) is 0 Å². The van der Waals surface area contributed by atoms with E-state index in [1.807, 2.05) is 69.2 Å². The van der Waals surface area contributed by atoms with Gasteiger partial charge in [0.25, 0.3) is 0 Å². The minimum absolute atomic E-state index is 0.0143. The summed E-state index contributed by atoms with van der Waals surface area (Å²) in [6.45, 7) is 84.5. The Labute approximate surface area is 820 Å². The second-order valence-corrected chi connectivity index (χ2v) is 46.6. The maximum absolute atomic E-state index is 13.3. The maximum Gasteiger partial charge on any atom is 0.223 e. The first kappa shape index (κ1) is 130. The standard InChI is InChI=1S/C34H62O4.C30H60N4O3.C20H40N2O2.2C14H30N2O/c1-20(2)35-19-24(9)27-12-13-28-32-29(18-31(34(27,28)11)38-23(7)8)33(10)15-14-26(36-21(3)4)16-25(33)17-30(32)37-22(5)6;1-22(2)15-9-10-18-29(36)32-20-14-12-17-27(33-24(5)6)28(35)21-26(30(37)34-25(7)8)16-11-13-19-31-23(3)4;1-15(2)11-7-8-13-19(23)21-14-10-9-12-18(22-17(5)6)20(24)16(3)4;2*1-10(2)14(17)13(16-12(5)6)8-7-9-15-11(3)4/h20-32H,12-19H2,1-11H3;22-27,31,33H,9-21H2,1-8H3,(H,32,36)(H,34,37);15-18,22H,7-14H2,1-6H3,(H,21,23);2*10-13,15-16H,7-9H2,1-6H3/t24-,25?,26?,27?,28?,29?,30?,31?,32?,33?,34?;;;;/m1..../s1. The summed E-state index contributed by atoms with van der Waals surface area (Å²) in [5.74, 6) is 6.55. The number of hydrogen-bond acceptors (Lipinski definition) is 18. The first-order valence-electron chi connectivity index (χ1n) is 54.9. The summed E-state index contributed by atoms with van der Waals surface area (Å²) in [6, 6.07) is 2.48. The maximum atomic E-state index is 13.3. The van der Waals surface area contributed by atoms with Crippen LogP contribution in [-0.4, -0.2) is 195 Å². The molecule has 16 atom stereocenters. The van der Waals surface area contributed by atoms with Gasteiger partial charge in [-0.2, -0.15) is 0 Å². The molecule has 786 valence electrons. The first-order valence-corrected chi connectivity index (χ1v) is 54.9. The Bertz CT molecular complexity index is 2980. The Kier molecular flexibility index (Phi) is 69.4. The summed E-state index contributed by atoms with van der Waals surface area (Å²) in [4.78, 5) is 86.2.